The summed E-state index contributed by atoms with van der Waals surface area (Å²) < 4.78 is 17.9. The third kappa shape index (κ3) is 5.47. The maximum atomic E-state index is 12.7. The monoisotopic (exact) mass is 273 g/mol. The van der Waals surface area contributed by atoms with Crippen LogP contribution in [0.3, 0.4) is 0 Å². The van der Waals surface area contributed by atoms with Crippen LogP contribution in [0.25, 0.3) is 0 Å². The van der Waals surface area contributed by atoms with Gasteiger partial charge < -0.3 is 9.64 Å². The molecule has 1 amide bonds. The number of nitrogens with zero attached hydrogens (tertiary/aromatic N) is 1. The lowest BCUT2D eigenvalue weighted by molar-refractivity contribution is -0.129. The van der Waals surface area contributed by atoms with E-state index in [1.54, 1.807) is 24.1 Å². The van der Waals surface area contributed by atoms with E-state index in [0.29, 0.717) is 25.6 Å². The first-order chi connectivity index (χ1) is 8.63. The maximum Gasteiger partial charge on any atom is 0.226 e. The van der Waals surface area contributed by atoms with E-state index < -0.39 is 0 Å². The van der Waals surface area contributed by atoms with Crippen LogP contribution in [0.2, 0.25) is 0 Å². The standard InChI is InChI=1S/C13H17ClFNO2/c1-16(7-9-18-8-6-14)13(17)10-11-2-4-12(15)5-3-11/h2-5H,6-10H2,1H3. The quantitative estimate of drug-likeness (QED) is 0.562. The van der Waals surface area contributed by atoms with Crippen LogP contribution in [0.5, 0.6) is 0 Å². The summed E-state index contributed by atoms with van der Waals surface area (Å²) in [7, 11) is 1.72. The Hall–Kier alpha value is -1.13. The van der Waals surface area contributed by atoms with Crippen molar-refractivity contribution < 1.29 is 13.9 Å². The summed E-state index contributed by atoms with van der Waals surface area (Å²) >= 11 is 5.46. The van der Waals surface area contributed by atoms with Crippen LogP contribution in [-0.4, -0.2) is 43.5 Å². The van der Waals surface area contributed by atoms with E-state index in [2.05, 4.69) is 0 Å². The highest BCUT2D eigenvalue weighted by molar-refractivity contribution is 6.17. The van der Waals surface area contributed by atoms with Crippen LogP contribution in [-0.2, 0) is 16.0 Å². The van der Waals surface area contributed by atoms with E-state index in [4.69, 9.17) is 16.3 Å². The summed E-state index contributed by atoms with van der Waals surface area (Å²) in [6, 6.07) is 5.94. The Morgan fingerprint density at radius 2 is 2.00 bits per heavy atom. The predicted molar refractivity (Wildman–Crippen MR) is 69.3 cm³/mol. The molecule has 0 bridgehead atoms. The lowest BCUT2D eigenvalue weighted by atomic mass is 10.1. The number of halogens is 2. The van der Waals surface area contributed by atoms with Crippen molar-refractivity contribution in [2.45, 2.75) is 6.42 Å². The van der Waals surface area contributed by atoms with Gasteiger partial charge in [-0.1, -0.05) is 12.1 Å². The first-order valence-corrected chi connectivity index (χ1v) is 6.29. The van der Waals surface area contributed by atoms with Crippen LogP contribution in [0.4, 0.5) is 4.39 Å². The number of carbonyl (C=O) groups is 1. The van der Waals surface area contributed by atoms with E-state index in [1.807, 2.05) is 0 Å². The molecule has 0 spiro atoms. The molecular weight excluding hydrogens is 257 g/mol. The van der Waals surface area contributed by atoms with Gasteiger partial charge in [-0.05, 0) is 17.7 Å². The molecule has 1 aromatic carbocycles. The first kappa shape index (κ1) is 14.9. The van der Waals surface area contributed by atoms with Crippen LogP contribution in [0, 0.1) is 5.82 Å². The minimum Gasteiger partial charge on any atom is -0.378 e. The van der Waals surface area contributed by atoms with E-state index in [0.717, 1.165) is 5.56 Å². The smallest absolute Gasteiger partial charge is 0.226 e. The van der Waals surface area contributed by atoms with Gasteiger partial charge in [0, 0.05) is 19.5 Å². The number of rotatable bonds is 7. The number of ether oxygens (including phenoxy) is 1. The fourth-order valence-corrected chi connectivity index (χ4v) is 1.50. The number of likely N-dealkylation sites (N-methyl/N-ethyl adjacent to an activating group) is 1. The number of hydrogen-bond acceptors (Lipinski definition) is 2. The number of amides is 1. The lowest BCUT2D eigenvalue weighted by Crippen LogP contribution is -2.31. The molecule has 0 unspecified atom stereocenters. The normalized spacial score (nSPS) is 10.4. The maximum absolute atomic E-state index is 12.7. The van der Waals surface area contributed by atoms with Crippen molar-refractivity contribution in [1.82, 2.24) is 4.90 Å². The molecule has 0 aliphatic carbocycles. The SMILES string of the molecule is CN(CCOCCCl)C(=O)Cc1ccc(F)cc1. The van der Waals surface area contributed by atoms with Crippen LogP contribution in [0.1, 0.15) is 5.56 Å². The Balaban J connectivity index is 2.33. The molecule has 0 aliphatic heterocycles. The molecule has 1 aromatic rings. The fraction of sp³-hybridized carbons (Fsp3) is 0.462. The molecule has 3 nitrogen and oxygen atoms in total. The molecule has 0 fully saturated rings. The van der Waals surface area contributed by atoms with Gasteiger partial charge in [-0.15, -0.1) is 11.6 Å². The van der Waals surface area contributed by atoms with E-state index >= 15 is 0 Å². The molecule has 5 heteroatoms. The molecule has 1 rings (SSSR count). The van der Waals surface area contributed by atoms with Crippen molar-refractivity contribution in [1.29, 1.82) is 0 Å². The van der Waals surface area contributed by atoms with Crippen molar-refractivity contribution in [3.05, 3.63) is 35.6 Å². The average Bonchev–Trinajstić information content (AvgIpc) is 2.37. The van der Waals surface area contributed by atoms with Gasteiger partial charge >= 0.3 is 0 Å². The second-order valence-electron chi connectivity index (χ2n) is 3.92. The Morgan fingerprint density at radius 1 is 1.33 bits per heavy atom. The van der Waals surface area contributed by atoms with Crippen molar-refractivity contribution in [3.8, 4) is 0 Å². The Morgan fingerprint density at radius 3 is 2.61 bits per heavy atom. The van der Waals surface area contributed by atoms with Crippen molar-refractivity contribution >= 4 is 17.5 Å². The molecule has 0 aliphatic rings. The highest BCUT2D eigenvalue weighted by Gasteiger charge is 2.09. The van der Waals surface area contributed by atoms with Crippen LogP contribution < -0.4 is 0 Å². The summed E-state index contributed by atoms with van der Waals surface area (Å²) in [5, 5.41) is 0. The second kappa shape index (κ2) is 8.06. The summed E-state index contributed by atoms with van der Waals surface area (Å²) in [5.41, 5.74) is 0.801. The van der Waals surface area contributed by atoms with Gasteiger partial charge in [-0.2, -0.15) is 0 Å². The van der Waals surface area contributed by atoms with E-state index in [9.17, 15) is 9.18 Å². The molecule has 0 saturated carbocycles. The zero-order valence-corrected chi connectivity index (χ0v) is 11.1. The largest absolute Gasteiger partial charge is 0.378 e. The molecule has 0 atom stereocenters. The number of benzene rings is 1. The summed E-state index contributed by atoms with van der Waals surface area (Å²) in [5.74, 6) is 0.137. The molecule has 0 N–H and O–H groups in total. The van der Waals surface area contributed by atoms with Crippen LogP contribution in [0.15, 0.2) is 24.3 Å². The third-order valence-electron chi connectivity index (χ3n) is 2.49. The van der Waals surface area contributed by atoms with Gasteiger partial charge in [0.2, 0.25) is 5.91 Å². The van der Waals surface area contributed by atoms with Gasteiger partial charge in [0.25, 0.3) is 0 Å². The van der Waals surface area contributed by atoms with Crippen molar-refractivity contribution in [2.24, 2.45) is 0 Å². The molecular formula is C13H17ClFNO2. The van der Waals surface area contributed by atoms with E-state index in [-0.39, 0.29) is 18.1 Å². The Bertz CT molecular complexity index is 370. The van der Waals surface area contributed by atoms with Gasteiger partial charge in [0.15, 0.2) is 0 Å². The average molecular weight is 274 g/mol. The molecule has 18 heavy (non-hydrogen) atoms. The highest BCUT2D eigenvalue weighted by atomic mass is 35.5. The van der Waals surface area contributed by atoms with Gasteiger partial charge in [-0.25, -0.2) is 4.39 Å². The minimum absolute atomic E-state index is 0.0175. The molecule has 0 aromatic heterocycles. The zero-order chi connectivity index (χ0) is 13.4. The van der Waals surface area contributed by atoms with Crippen molar-refractivity contribution in [3.63, 3.8) is 0 Å². The molecule has 0 saturated heterocycles. The number of hydrogen-bond donors (Lipinski definition) is 0. The summed E-state index contributed by atoms with van der Waals surface area (Å²) in [6.45, 7) is 1.48. The Labute approximate surface area is 111 Å². The topological polar surface area (TPSA) is 29.5 Å². The summed E-state index contributed by atoms with van der Waals surface area (Å²) in [4.78, 5) is 13.4. The molecule has 0 heterocycles. The minimum atomic E-state index is -0.297. The first-order valence-electron chi connectivity index (χ1n) is 5.75. The van der Waals surface area contributed by atoms with Gasteiger partial charge in [-0.3, -0.25) is 4.79 Å². The second-order valence-corrected chi connectivity index (χ2v) is 4.30. The molecule has 100 valence electrons. The number of carbonyl (C=O) groups excluding carboxylic acids is 1. The predicted octanol–water partition coefficient (Wildman–Crippen LogP) is 2.08. The van der Waals surface area contributed by atoms with Gasteiger partial charge in [0.05, 0.1) is 19.6 Å². The molecule has 0 radical (unpaired) electrons. The zero-order valence-electron chi connectivity index (χ0n) is 10.4. The highest BCUT2D eigenvalue weighted by Crippen LogP contribution is 2.05. The lowest BCUT2D eigenvalue weighted by Gasteiger charge is -2.17. The van der Waals surface area contributed by atoms with Crippen LogP contribution >= 0.6 is 11.6 Å². The fourth-order valence-electron chi connectivity index (χ4n) is 1.39. The Kier molecular flexibility index (Phi) is 6.68. The van der Waals surface area contributed by atoms with E-state index in [1.165, 1.54) is 12.1 Å². The summed E-state index contributed by atoms with van der Waals surface area (Å²) in [6.07, 6.45) is 0.270. The van der Waals surface area contributed by atoms with Crippen molar-refractivity contribution in [2.75, 3.05) is 32.7 Å². The number of alkyl halides is 1. The third-order valence-corrected chi connectivity index (χ3v) is 2.64. The van der Waals surface area contributed by atoms with Gasteiger partial charge in [0.1, 0.15) is 5.82 Å².